The van der Waals surface area contributed by atoms with E-state index < -0.39 is 0 Å². The fourth-order valence-corrected chi connectivity index (χ4v) is 2.19. The van der Waals surface area contributed by atoms with Crippen LogP contribution in [0.3, 0.4) is 0 Å². The average molecular weight is 299 g/mol. The molecule has 17 heavy (non-hydrogen) atoms. The third-order valence-corrected chi connectivity index (χ3v) is 3.21. The second-order valence-corrected chi connectivity index (χ2v) is 4.69. The molecule has 0 bridgehead atoms. The van der Waals surface area contributed by atoms with E-state index in [0.29, 0.717) is 6.61 Å². The topological polar surface area (TPSA) is 26.3 Å². The SMILES string of the molecule is CCOC(=O)C(CCCCBr)c1ccccc1. The first-order valence-electron chi connectivity index (χ1n) is 6.07. The molecule has 94 valence electrons. The Labute approximate surface area is 111 Å². The van der Waals surface area contributed by atoms with E-state index in [1.165, 1.54) is 0 Å². The molecular weight excluding hydrogens is 280 g/mol. The van der Waals surface area contributed by atoms with Gasteiger partial charge in [0.1, 0.15) is 0 Å². The molecule has 0 saturated carbocycles. The summed E-state index contributed by atoms with van der Waals surface area (Å²) < 4.78 is 5.14. The van der Waals surface area contributed by atoms with E-state index in [-0.39, 0.29) is 11.9 Å². The number of hydrogen-bond acceptors (Lipinski definition) is 2. The monoisotopic (exact) mass is 298 g/mol. The minimum absolute atomic E-state index is 0.103. The maximum Gasteiger partial charge on any atom is 0.313 e. The van der Waals surface area contributed by atoms with Gasteiger partial charge in [-0.05, 0) is 25.3 Å². The van der Waals surface area contributed by atoms with Crippen LogP contribution < -0.4 is 0 Å². The quantitative estimate of drug-likeness (QED) is 0.433. The van der Waals surface area contributed by atoms with Crippen LogP contribution in [0.1, 0.15) is 37.7 Å². The third kappa shape index (κ3) is 4.90. The van der Waals surface area contributed by atoms with E-state index in [4.69, 9.17) is 4.74 Å². The number of rotatable bonds is 7. The summed E-state index contributed by atoms with van der Waals surface area (Å²) in [6.45, 7) is 2.29. The maximum absolute atomic E-state index is 11.9. The summed E-state index contributed by atoms with van der Waals surface area (Å²) in [7, 11) is 0. The summed E-state index contributed by atoms with van der Waals surface area (Å²) >= 11 is 3.41. The van der Waals surface area contributed by atoms with Crippen molar-refractivity contribution in [2.75, 3.05) is 11.9 Å². The van der Waals surface area contributed by atoms with Crippen LogP contribution in [0.25, 0.3) is 0 Å². The van der Waals surface area contributed by atoms with Crippen LogP contribution >= 0.6 is 15.9 Å². The molecule has 0 aliphatic rings. The van der Waals surface area contributed by atoms with Crippen LogP contribution in [0.2, 0.25) is 0 Å². The van der Waals surface area contributed by atoms with Crippen molar-refractivity contribution in [2.45, 2.75) is 32.1 Å². The molecular formula is C14H19BrO2. The van der Waals surface area contributed by atoms with Crippen LogP contribution in [0, 0.1) is 0 Å². The van der Waals surface area contributed by atoms with Gasteiger partial charge in [0.25, 0.3) is 0 Å². The number of carbonyl (C=O) groups is 1. The van der Waals surface area contributed by atoms with Gasteiger partial charge >= 0.3 is 5.97 Å². The highest BCUT2D eigenvalue weighted by Crippen LogP contribution is 2.23. The molecule has 0 saturated heterocycles. The van der Waals surface area contributed by atoms with Crippen molar-refractivity contribution < 1.29 is 9.53 Å². The van der Waals surface area contributed by atoms with Crippen LogP contribution in [-0.2, 0) is 9.53 Å². The van der Waals surface area contributed by atoms with E-state index in [9.17, 15) is 4.79 Å². The zero-order chi connectivity index (χ0) is 12.5. The number of carbonyl (C=O) groups excluding carboxylic acids is 1. The molecule has 0 spiro atoms. The summed E-state index contributed by atoms with van der Waals surface area (Å²) in [6, 6.07) is 9.88. The Morgan fingerprint density at radius 1 is 1.29 bits per heavy atom. The summed E-state index contributed by atoms with van der Waals surface area (Å²) in [5, 5.41) is 0.983. The number of esters is 1. The molecule has 1 aromatic carbocycles. The van der Waals surface area contributed by atoms with Crippen LogP contribution in [-0.4, -0.2) is 17.9 Å². The molecule has 0 N–H and O–H groups in total. The summed E-state index contributed by atoms with van der Waals surface area (Å²) in [5.74, 6) is -0.219. The number of alkyl halides is 1. The molecule has 0 amide bonds. The zero-order valence-electron chi connectivity index (χ0n) is 10.2. The Hall–Kier alpha value is -0.830. The second-order valence-electron chi connectivity index (χ2n) is 3.90. The molecule has 1 aromatic rings. The average Bonchev–Trinajstić information content (AvgIpc) is 2.36. The van der Waals surface area contributed by atoms with Gasteiger partial charge in [0.2, 0.25) is 0 Å². The first-order chi connectivity index (χ1) is 8.29. The Balaban J connectivity index is 2.68. The number of halogens is 1. The Morgan fingerprint density at radius 3 is 2.59 bits per heavy atom. The van der Waals surface area contributed by atoms with E-state index in [1.54, 1.807) is 0 Å². The van der Waals surface area contributed by atoms with Crippen molar-refractivity contribution in [2.24, 2.45) is 0 Å². The summed E-state index contributed by atoms with van der Waals surface area (Å²) in [6.07, 6.45) is 2.97. The molecule has 1 atom stereocenters. The van der Waals surface area contributed by atoms with E-state index >= 15 is 0 Å². The van der Waals surface area contributed by atoms with Gasteiger partial charge in [-0.1, -0.05) is 52.7 Å². The van der Waals surface area contributed by atoms with Gasteiger partial charge in [-0.3, -0.25) is 4.79 Å². The molecule has 0 aliphatic heterocycles. The maximum atomic E-state index is 11.9. The van der Waals surface area contributed by atoms with Crippen molar-refractivity contribution in [1.82, 2.24) is 0 Å². The molecule has 1 rings (SSSR count). The van der Waals surface area contributed by atoms with Crippen LogP contribution in [0.15, 0.2) is 30.3 Å². The molecule has 2 nitrogen and oxygen atoms in total. The van der Waals surface area contributed by atoms with Gasteiger partial charge in [-0.25, -0.2) is 0 Å². The molecule has 0 aromatic heterocycles. The van der Waals surface area contributed by atoms with Gasteiger partial charge < -0.3 is 4.74 Å². The third-order valence-electron chi connectivity index (χ3n) is 2.65. The van der Waals surface area contributed by atoms with Crippen molar-refractivity contribution in [3.8, 4) is 0 Å². The highest BCUT2D eigenvalue weighted by Gasteiger charge is 2.20. The lowest BCUT2D eigenvalue weighted by atomic mass is 9.94. The van der Waals surface area contributed by atoms with Gasteiger partial charge in [-0.2, -0.15) is 0 Å². The molecule has 0 fully saturated rings. The molecule has 0 heterocycles. The largest absolute Gasteiger partial charge is 0.466 e. The van der Waals surface area contributed by atoms with Gasteiger partial charge in [-0.15, -0.1) is 0 Å². The van der Waals surface area contributed by atoms with E-state index in [2.05, 4.69) is 15.9 Å². The fraction of sp³-hybridized carbons (Fsp3) is 0.500. The van der Waals surface area contributed by atoms with Crippen molar-refractivity contribution in [1.29, 1.82) is 0 Å². The smallest absolute Gasteiger partial charge is 0.313 e. The van der Waals surface area contributed by atoms with Gasteiger partial charge in [0.15, 0.2) is 0 Å². The minimum atomic E-state index is -0.116. The predicted molar refractivity (Wildman–Crippen MR) is 73.5 cm³/mol. The zero-order valence-corrected chi connectivity index (χ0v) is 11.8. The van der Waals surface area contributed by atoms with Gasteiger partial charge in [0, 0.05) is 5.33 Å². The lowest BCUT2D eigenvalue weighted by Gasteiger charge is -2.15. The van der Waals surface area contributed by atoms with E-state index in [0.717, 1.165) is 30.2 Å². The molecule has 1 unspecified atom stereocenters. The highest BCUT2D eigenvalue weighted by atomic mass is 79.9. The molecule has 0 radical (unpaired) electrons. The first-order valence-corrected chi connectivity index (χ1v) is 7.19. The number of hydrogen-bond donors (Lipinski definition) is 0. The lowest BCUT2D eigenvalue weighted by molar-refractivity contribution is -0.145. The fourth-order valence-electron chi connectivity index (χ4n) is 1.79. The summed E-state index contributed by atoms with van der Waals surface area (Å²) in [5.41, 5.74) is 1.06. The Bertz CT molecular complexity index is 324. The Kier molecular flexibility index (Phi) is 6.94. The van der Waals surface area contributed by atoms with Crippen LogP contribution in [0.5, 0.6) is 0 Å². The van der Waals surface area contributed by atoms with Crippen molar-refractivity contribution in [3.05, 3.63) is 35.9 Å². The highest BCUT2D eigenvalue weighted by molar-refractivity contribution is 9.09. The normalized spacial score (nSPS) is 12.1. The van der Waals surface area contributed by atoms with Crippen molar-refractivity contribution in [3.63, 3.8) is 0 Å². The van der Waals surface area contributed by atoms with Crippen molar-refractivity contribution >= 4 is 21.9 Å². The molecule has 0 aliphatic carbocycles. The Morgan fingerprint density at radius 2 is 2.00 bits per heavy atom. The lowest BCUT2D eigenvalue weighted by Crippen LogP contribution is -2.16. The van der Waals surface area contributed by atoms with Crippen LogP contribution in [0.4, 0.5) is 0 Å². The van der Waals surface area contributed by atoms with E-state index in [1.807, 2.05) is 37.3 Å². The number of benzene rings is 1. The summed E-state index contributed by atoms with van der Waals surface area (Å²) in [4.78, 5) is 11.9. The minimum Gasteiger partial charge on any atom is -0.466 e. The first kappa shape index (κ1) is 14.2. The number of ether oxygens (including phenoxy) is 1. The predicted octanol–water partition coefficient (Wildman–Crippen LogP) is 3.90. The second kappa shape index (κ2) is 8.29. The number of unbranched alkanes of at least 4 members (excludes halogenated alkanes) is 1. The van der Waals surface area contributed by atoms with Gasteiger partial charge in [0.05, 0.1) is 12.5 Å². The standard InChI is InChI=1S/C14H19BrO2/c1-2-17-14(16)13(10-6-7-11-15)12-8-4-3-5-9-12/h3-5,8-9,13H,2,6-7,10-11H2,1H3. The molecule has 3 heteroatoms.